The molecule has 6 unspecified atom stereocenters. The maximum Gasteiger partial charge on any atom is 0.326 e. The van der Waals surface area contributed by atoms with Gasteiger partial charge in [-0.1, -0.05) is 20.3 Å². The van der Waals surface area contributed by atoms with Crippen LogP contribution in [0.2, 0.25) is 0 Å². The highest BCUT2D eigenvalue weighted by Crippen LogP contribution is 2.10. The zero-order valence-electron chi connectivity index (χ0n) is 17.1. The molecule has 0 aliphatic carbocycles. The number of thiol groups is 1. The lowest BCUT2D eigenvalue weighted by Gasteiger charge is -2.28. The number of carboxylic acids is 1. The van der Waals surface area contributed by atoms with Gasteiger partial charge in [0.25, 0.3) is 0 Å². The maximum absolute atomic E-state index is 12.6. The van der Waals surface area contributed by atoms with Crippen LogP contribution in [0, 0.1) is 5.92 Å². The first-order valence-corrected chi connectivity index (χ1v) is 9.95. The summed E-state index contributed by atoms with van der Waals surface area (Å²) in [7, 11) is 0. The summed E-state index contributed by atoms with van der Waals surface area (Å²) in [5, 5.41) is 25.9. The van der Waals surface area contributed by atoms with Gasteiger partial charge in [-0.3, -0.25) is 19.2 Å². The minimum Gasteiger partial charge on any atom is -0.480 e. The number of aliphatic hydroxyl groups is 1. The summed E-state index contributed by atoms with van der Waals surface area (Å²) >= 11 is 3.89. The Hall–Kier alpha value is -2.38. The van der Waals surface area contributed by atoms with Crippen LogP contribution >= 0.6 is 12.6 Å². The molecule has 172 valence electrons. The lowest BCUT2D eigenvalue weighted by atomic mass is 9.97. The van der Waals surface area contributed by atoms with Crippen LogP contribution < -0.4 is 27.4 Å². The van der Waals surface area contributed by atoms with Gasteiger partial charge in [0.15, 0.2) is 0 Å². The number of amides is 4. The predicted molar refractivity (Wildman–Crippen MR) is 110 cm³/mol. The lowest BCUT2D eigenvalue weighted by molar-refractivity contribution is -0.144. The van der Waals surface area contributed by atoms with Crippen molar-refractivity contribution in [1.29, 1.82) is 0 Å². The first-order valence-electron chi connectivity index (χ1n) is 9.32. The van der Waals surface area contributed by atoms with E-state index in [-0.39, 0.29) is 5.75 Å². The second kappa shape index (κ2) is 13.0. The molecule has 0 aliphatic heterocycles. The standard InChI is InChI=1S/C17H31N5O7S/c1-4-7(2)12(15(26)20-10(17(28)29)5-11(19)24)21-16(27)13(8(3)23)22-14(25)9(18)6-30/h7-10,12-13,23,30H,4-6,18H2,1-3H3,(H2,19,24)(H,20,26)(H,21,27)(H,22,25)(H,28,29). The summed E-state index contributed by atoms with van der Waals surface area (Å²) in [5.41, 5.74) is 10.5. The van der Waals surface area contributed by atoms with E-state index in [2.05, 4.69) is 28.6 Å². The first kappa shape index (κ1) is 27.6. The fourth-order valence-electron chi connectivity index (χ4n) is 2.36. The summed E-state index contributed by atoms with van der Waals surface area (Å²) in [6, 6.07) is -5.20. The number of aliphatic carboxylic acids is 1. The number of carboxylic acid groups (broad SMARTS) is 1. The summed E-state index contributed by atoms with van der Waals surface area (Å²) in [5.74, 6) is -5.27. The van der Waals surface area contributed by atoms with Gasteiger partial charge in [-0.15, -0.1) is 0 Å². The molecule has 0 spiro atoms. The number of primary amides is 1. The van der Waals surface area contributed by atoms with Crippen molar-refractivity contribution in [1.82, 2.24) is 16.0 Å². The molecule has 0 bridgehead atoms. The van der Waals surface area contributed by atoms with Gasteiger partial charge in [-0.05, 0) is 12.8 Å². The summed E-state index contributed by atoms with van der Waals surface area (Å²) in [4.78, 5) is 59.5. The van der Waals surface area contributed by atoms with Crippen molar-refractivity contribution in [2.24, 2.45) is 17.4 Å². The average Bonchev–Trinajstić information content (AvgIpc) is 2.66. The molecular formula is C17H31N5O7S. The molecule has 12 nitrogen and oxygen atoms in total. The van der Waals surface area contributed by atoms with Gasteiger partial charge in [0, 0.05) is 5.75 Å². The van der Waals surface area contributed by atoms with E-state index in [4.69, 9.17) is 16.6 Å². The van der Waals surface area contributed by atoms with E-state index < -0.39 is 72.2 Å². The van der Waals surface area contributed by atoms with Gasteiger partial charge in [-0.2, -0.15) is 12.6 Å². The van der Waals surface area contributed by atoms with Crippen LogP contribution in [0.5, 0.6) is 0 Å². The highest BCUT2D eigenvalue weighted by Gasteiger charge is 2.34. The highest BCUT2D eigenvalue weighted by atomic mass is 32.1. The molecule has 0 radical (unpaired) electrons. The van der Waals surface area contributed by atoms with E-state index in [0.717, 1.165) is 0 Å². The topological polar surface area (TPSA) is 214 Å². The third-order valence-electron chi connectivity index (χ3n) is 4.41. The molecular weight excluding hydrogens is 418 g/mol. The zero-order chi connectivity index (χ0) is 23.6. The predicted octanol–water partition coefficient (Wildman–Crippen LogP) is -2.92. The Morgan fingerprint density at radius 3 is 1.87 bits per heavy atom. The molecule has 30 heavy (non-hydrogen) atoms. The molecule has 6 atom stereocenters. The van der Waals surface area contributed by atoms with Crippen LogP contribution in [0.4, 0.5) is 0 Å². The van der Waals surface area contributed by atoms with Crippen LogP contribution in [0.25, 0.3) is 0 Å². The number of carbonyl (C=O) groups is 5. The number of hydrogen-bond donors (Lipinski definition) is 8. The van der Waals surface area contributed by atoms with E-state index in [0.29, 0.717) is 6.42 Å². The van der Waals surface area contributed by atoms with Gasteiger partial charge in [-0.25, -0.2) is 4.79 Å². The Morgan fingerprint density at radius 2 is 1.47 bits per heavy atom. The number of nitrogens with two attached hydrogens (primary N) is 2. The van der Waals surface area contributed by atoms with Crippen LogP contribution in [0.15, 0.2) is 0 Å². The highest BCUT2D eigenvalue weighted by molar-refractivity contribution is 7.80. The second-order valence-electron chi connectivity index (χ2n) is 6.96. The monoisotopic (exact) mass is 449 g/mol. The molecule has 9 N–H and O–H groups in total. The minimum atomic E-state index is -1.57. The smallest absolute Gasteiger partial charge is 0.326 e. The van der Waals surface area contributed by atoms with Crippen molar-refractivity contribution in [3.8, 4) is 0 Å². The van der Waals surface area contributed by atoms with Crippen molar-refractivity contribution in [2.75, 3.05) is 5.75 Å². The Labute approximate surface area is 179 Å². The van der Waals surface area contributed by atoms with Crippen molar-refractivity contribution in [3.63, 3.8) is 0 Å². The molecule has 13 heteroatoms. The molecule has 0 fully saturated rings. The second-order valence-corrected chi connectivity index (χ2v) is 7.32. The molecule has 0 aromatic heterocycles. The van der Waals surface area contributed by atoms with Crippen LogP contribution in [-0.4, -0.2) is 75.8 Å². The van der Waals surface area contributed by atoms with Gasteiger partial charge < -0.3 is 37.6 Å². The van der Waals surface area contributed by atoms with Crippen molar-refractivity contribution < 1.29 is 34.2 Å². The molecule has 0 aromatic carbocycles. The van der Waals surface area contributed by atoms with Crippen molar-refractivity contribution in [2.45, 2.75) is 63.9 Å². The van der Waals surface area contributed by atoms with Crippen LogP contribution in [0.3, 0.4) is 0 Å². The lowest BCUT2D eigenvalue weighted by Crippen LogP contribution is -2.61. The number of aliphatic hydroxyl groups excluding tert-OH is 1. The van der Waals surface area contributed by atoms with Crippen LogP contribution in [0.1, 0.15) is 33.6 Å². The van der Waals surface area contributed by atoms with Crippen molar-refractivity contribution in [3.05, 3.63) is 0 Å². The molecule has 4 amide bonds. The summed E-state index contributed by atoms with van der Waals surface area (Å²) in [6.07, 6.45) is -1.51. The summed E-state index contributed by atoms with van der Waals surface area (Å²) < 4.78 is 0. The van der Waals surface area contributed by atoms with Gasteiger partial charge >= 0.3 is 5.97 Å². The number of hydrogen-bond acceptors (Lipinski definition) is 8. The SMILES string of the molecule is CCC(C)C(NC(=O)C(NC(=O)C(N)CS)C(C)O)C(=O)NC(CC(N)=O)C(=O)O. The minimum absolute atomic E-state index is 0.00826. The van der Waals surface area contributed by atoms with E-state index in [1.807, 2.05) is 0 Å². The summed E-state index contributed by atoms with van der Waals surface area (Å²) in [6.45, 7) is 4.65. The number of nitrogens with one attached hydrogen (secondary N) is 3. The first-order chi connectivity index (χ1) is 13.8. The zero-order valence-corrected chi connectivity index (χ0v) is 18.0. The Kier molecular flexibility index (Phi) is 12.0. The Balaban J connectivity index is 5.49. The molecule has 0 saturated carbocycles. The molecule has 0 aliphatic rings. The van der Waals surface area contributed by atoms with Gasteiger partial charge in [0.1, 0.15) is 18.1 Å². The quantitative estimate of drug-likeness (QED) is 0.136. The fourth-order valence-corrected chi connectivity index (χ4v) is 2.52. The normalized spacial score (nSPS) is 16.9. The molecule has 0 rings (SSSR count). The molecule has 0 aromatic rings. The average molecular weight is 450 g/mol. The maximum atomic E-state index is 12.6. The fraction of sp³-hybridized carbons (Fsp3) is 0.706. The van der Waals surface area contributed by atoms with Gasteiger partial charge in [0.2, 0.25) is 23.6 Å². The van der Waals surface area contributed by atoms with E-state index in [1.165, 1.54) is 6.92 Å². The van der Waals surface area contributed by atoms with Crippen LogP contribution in [-0.2, 0) is 24.0 Å². The van der Waals surface area contributed by atoms with Gasteiger partial charge in [0.05, 0.1) is 18.6 Å². The van der Waals surface area contributed by atoms with E-state index >= 15 is 0 Å². The number of rotatable bonds is 13. The van der Waals surface area contributed by atoms with Crippen molar-refractivity contribution >= 4 is 42.2 Å². The molecule has 0 saturated heterocycles. The molecule has 0 heterocycles. The van der Waals surface area contributed by atoms with E-state index in [1.54, 1.807) is 13.8 Å². The third-order valence-corrected chi connectivity index (χ3v) is 4.80. The Morgan fingerprint density at radius 1 is 0.967 bits per heavy atom. The largest absolute Gasteiger partial charge is 0.480 e. The third kappa shape index (κ3) is 8.97. The Bertz CT molecular complexity index is 646. The van der Waals surface area contributed by atoms with E-state index in [9.17, 15) is 29.1 Å². The number of carbonyl (C=O) groups excluding carboxylic acids is 4.